The van der Waals surface area contributed by atoms with Crippen LogP contribution in [0.15, 0.2) is 18.3 Å². The van der Waals surface area contributed by atoms with Crippen LogP contribution in [0.4, 0.5) is 0 Å². The molecule has 2 heterocycles. The van der Waals surface area contributed by atoms with Crippen LogP contribution in [0.2, 0.25) is 0 Å². The Bertz CT molecular complexity index is 367. The number of ether oxygens (including phenoxy) is 3. The fraction of sp³-hybridized carbons (Fsp3) is 0.615. The standard InChI is InChI=1S/C13H20N2O3/c1-3-14-10(9-12-17-7-8-18-12)13-11(16-2)5-4-6-15-13/h4-6,10,12,14H,3,7-9H2,1-2H3. The van der Waals surface area contributed by atoms with E-state index in [0.29, 0.717) is 13.2 Å². The molecular weight excluding hydrogens is 232 g/mol. The van der Waals surface area contributed by atoms with Crippen LogP contribution < -0.4 is 10.1 Å². The Morgan fingerprint density at radius 1 is 1.50 bits per heavy atom. The Kier molecular flexibility index (Phi) is 4.92. The van der Waals surface area contributed by atoms with Gasteiger partial charge in [-0.3, -0.25) is 4.98 Å². The van der Waals surface area contributed by atoms with Gasteiger partial charge in [0.2, 0.25) is 0 Å². The number of hydrogen-bond acceptors (Lipinski definition) is 5. The molecule has 2 rings (SSSR count). The predicted molar refractivity (Wildman–Crippen MR) is 67.5 cm³/mol. The second-order valence-electron chi connectivity index (χ2n) is 4.11. The van der Waals surface area contributed by atoms with Crippen molar-refractivity contribution in [3.8, 4) is 5.75 Å². The predicted octanol–water partition coefficient (Wildman–Crippen LogP) is 1.50. The summed E-state index contributed by atoms with van der Waals surface area (Å²) in [6.07, 6.45) is 2.36. The number of methoxy groups -OCH3 is 1. The van der Waals surface area contributed by atoms with Gasteiger partial charge < -0.3 is 19.5 Å². The van der Waals surface area contributed by atoms with Crippen LogP contribution in [-0.4, -0.2) is 38.1 Å². The van der Waals surface area contributed by atoms with Crippen LogP contribution in [-0.2, 0) is 9.47 Å². The first kappa shape index (κ1) is 13.3. The molecule has 1 aliphatic heterocycles. The minimum absolute atomic E-state index is 0.0780. The van der Waals surface area contributed by atoms with E-state index in [1.54, 1.807) is 13.3 Å². The molecule has 100 valence electrons. The van der Waals surface area contributed by atoms with Gasteiger partial charge in [0.05, 0.1) is 32.1 Å². The van der Waals surface area contributed by atoms with Gasteiger partial charge in [0.15, 0.2) is 6.29 Å². The van der Waals surface area contributed by atoms with Gasteiger partial charge in [0.1, 0.15) is 5.75 Å². The monoisotopic (exact) mass is 252 g/mol. The lowest BCUT2D eigenvalue weighted by Crippen LogP contribution is -2.27. The SMILES string of the molecule is CCNC(CC1OCCO1)c1ncccc1OC. The number of hydrogen-bond donors (Lipinski definition) is 1. The minimum Gasteiger partial charge on any atom is -0.495 e. The lowest BCUT2D eigenvalue weighted by Gasteiger charge is -2.21. The molecule has 1 saturated heterocycles. The van der Waals surface area contributed by atoms with Crippen molar-refractivity contribution in [1.29, 1.82) is 0 Å². The summed E-state index contributed by atoms with van der Waals surface area (Å²) >= 11 is 0. The summed E-state index contributed by atoms with van der Waals surface area (Å²) in [7, 11) is 1.66. The molecule has 1 N–H and O–H groups in total. The summed E-state index contributed by atoms with van der Waals surface area (Å²) in [5.74, 6) is 0.793. The van der Waals surface area contributed by atoms with E-state index in [0.717, 1.165) is 24.4 Å². The molecule has 5 heteroatoms. The van der Waals surface area contributed by atoms with E-state index in [1.807, 2.05) is 12.1 Å². The number of nitrogens with one attached hydrogen (secondary N) is 1. The molecule has 1 aromatic rings. The molecule has 0 spiro atoms. The van der Waals surface area contributed by atoms with Gasteiger partial charge in [-0.05, 0) is 18.7 Å². The Morgan fingerprint density at radius 3 is 2.94 bits per heavy atom. The highest BCUT2D eigenvalue weighted by Gasteiger charge is 2.24. The zero-order valence-corrected chi connectivity index (χ0v) is 10.9. The lowest BCUT2D eigenvalue weighted by atomic mass is 10.1. The fourth-order valence-corrected chi connectivity index (χ4v) is 2.11. The van der Waals surface area contributed by atoms with E-state index in [2.05, 4.69) is 17.2 Å². The van der Waals surface area contributed by atoms with Crippen LogP contribution in [0.5, 0.6) is 5.75 Å². The van der Waals surface area contributed by atoms with Crippen LogP contribution in [0.1, 0.15) is 25.1 Å². The van der Waals surface area contributed by atoms with Crippen molar-refractivity contribution >= 4 is 0 Å². The molecule has 1 aliphatic rings. The first-order valence-corrected chi connectivity index (χ1v) is 6.30. The summed E-state index contributed by atoms with van der Waals surface area (Å²) in [4.78, 5) is 4.41. The third-order valence-electron chi connectivity index (χ3n) is 2.92. The fourth-order valence-electron chi connectivity index (χ4n) is 2.11. The maximum Gasteiger partial charge on any atom is 0.159 e. The first-order chi connectivity index (χ1) is 8.85. The highest BCUT2D eigenvalue weighted by molar-refractivity contribution is 5.29. The summed E-state index contributed by atoms with van der Waals surface area (Å²) < 4.78 is 16.3. The van der Waals surface area contributed by atoms with Crippen molar-refractivity contribution in [1.82, 2.24) is 10.3 Å². The van der Waals surface area contributed by atoms with E-state index < -0.39 is 0 Å². The maximum absolute atomic E-state index is 5.49. The van der Waals surface area contributed by atoms with Gasteiger partial charge >= 0.3 is 0 Å². The smallest absolute Gasteiger partial charge is 0.159 e. The van der Waals surface area contributed by atoms with Gasteiger partial charge in [-0.15, -0.1) is 0 Å². The van der Waals surface area contributed by atoms with Crippen molar-refractivity contribution in [2.75, 3.05) is 26.9 Å². The normalized spacial score (nSPS) is 17.9. The largest absolute Gasteiger partial charge is 0.495 e. The molecule has 1 fully saturated rings. The molecule has 5 nitrogen and oxygen atoms in total. The molecule has 1 unspecified atom stereocenters. The minimum atomic E-state index is -0.152. The molecular formula is C13H20N2O3. The Labute approximate surface area is 107 Å². The average molecular weight is 252 g/mol. The quantitative estimate of drug-likeness (QED) is 0.831. The van der Waals surface area contributed by atoms with E-state index in [1.165, 1.54) is 0 Å². The van der Waals surface area contributed by atoms with E-state index in [4.69, 9.17) is 14.2 Å². The molecule has 0 aliphatic carbocycles. The van der Waals surface area contributed by atoms with Crippen molar-refractivity contribution in [2.45, 2.75) is 25.7 Å². The van der Waals surface area contributed by atoms with Crippen LogP contribution in [0.25, 0.3) is 0 Å². The van der Waals surface area contributed by atoms with Crippen molar-refractivity contribution < 1.29 is 14.2 Å². The topological polar surface area (TPSA) is 52.6 Å². The van der Waals surface area contributed by atoms with Crippen LogP contribution in [0.3, 0.4) is 0 Å². The number of nitrogens with zero attached hydrogens (tertiary/aromatic N) is 1. The van der Waals surface area contributed by atoms with E-state index in [-0.39, 0.29) is 12.3 Å². The van der Waals surface area contributed by atoms with Crippen LogP contribution >= 0.6 is 0 Å². The molecule has 18 heavy (non-hydrogen) atoms. The van der Waals surface area contributed by atoms with Crippen LogP contribution in [0, 0.1) is 0 Å². The van der Waals surface area contributed by atoms with E-state index >= 15 is 0 Å². The van der Waals surface area contributed by atoms with Gasteiger partial charge in [0, 0.05) is 12.6 Å². The maximum atomic E-state index is 5.49. The summed E-state index contributed by atoms with van der Waals surface area (Å²) in [6, 6.07) is 3.87. The zero-order valence-electron chi connectivity index (χ0n) is 10.9. The van der Waals surface area contributed by atoms with Crippen molar-refractivity contribution in [2.24, 2.45) is 0 Å². The summed E-state index contributed by atoms with van der Waals surface area (Å²) in [5, 5.41) is 3.40. The molecule has 1 aromatic heterocycles. The molecule has 0 bridgehead atoms. The second kappa shape index (κ2) is 6.68. The third kappa shape index (κ3) is 3.19. The lowest BCUT2D eigenvalue weighted by molar-refractivity contribution is -0.0532. The van der Waals surface area contributed by atoms with Crippen molar-refractivity contribution in [3.63, 3.8) is 0 Å². The molecule has 0 aromatic carbocycles. The first-order valence-electron chi connectivity index (χ1n) is 6.30. The Hall–Kier alpha value is -1.17. The summed E-state index contributed by atoms with van der Waals surface area (Å²) in [6.45, 7) is 4.27. The molecule has 0 amide bonds. The van der Waals surface area contributed by atoms with Gasteiger partial charge in [-0.1, -0.05) is 6.92 Å². The Morgan fingerprint density at radius 2 is 2.28 bits per heavy atom. The zero-order chi connectivity index (χ0) is 12.8. The number of aromatic nitrogens is 1. The number of rotatable bonds is 6. The van der Waals surface area contributed by atoms with Gasteiger partial charge in [-0.2, -0.15) is 0 Å². The van der Waals surface area contributed by atoms with Gasteiger partial charge in [0.25, 0.3) is 0 Å². The average Bonchev–Trinajstić information content (AvgIpc) is 2.91. The molecule has 1 atom stereocenters. The van der Waals surface area contributed by atoms with Gasteiger partial charge in [-0.25, -0.2) is 0 Å². The highest BCUT2D eigenvalue weighted by atomic mass is 16.7. The molecule has 0 radical (unpaired) electrons. The highest BCUT2D eigenvalue weighted by Crippen LogP contribution is 2.27. The number of pyridine rings is 1. The summed E-state index contributed by atoms with van der Waals surface area (Å²) in [5.41, 5.74) is 0.904. The Balaban J connectivity index is 2.11. The molecule has 0 saturated carbocycles. The van der Waals surface area contributed by atoms with E-state index in [9.17, 15) is 0 Å². The second-order valence-corrected chi connectivity index (χ2v) is 4.11. The third-order valence-corrected chi connectivity index (χ3v) is 2.92. The van der Waals surface area contributed by atoms with Crippen molar-refractivity contribution in [3.05, 3.63) is 24.0 Å².